The summed E-state index contributed by atoms with van der Waals surface area (Å²) in [5.74, 6) is 1.22. The first-order valence-electron chi connectivity index (χ1n) is 5.02. The Labute approximate surface area is 75.5 Å². The van der Waals surface area contributed by atoms with Crippen LogP contribution < -0.4 is 0 Å². The summed E-state index contributed by atoms with van der Waals surface area (Å²) in [6, 6.07) is 0.653. The molecule has 0 amide bonds. The highest BCUT2D eigenvalue weighted by Gasteiger charge is 2.25. The van der Waals surface area contributed by atoms with E-state index in [9.17, 15) is 0 Å². The fourth-order valence-corrected chi connectivity index (χ4v) is 1.91. The second-order valence-electron chi connectivity index (χ2n) is 3.94. The summed E-state index contributed by atoms with van der Waals surface area (Å²) < 4.78 is 0. The smallest absolute Gasteiger partial charge is 0.0986 e. The maximum absolute atomic E-state index is 7.90. The third-order valence-electron chi connectivity index (χ3n) is 2.70. The largest absolute Gasteiger partial charge is 0.357 e. The average molecular weight is 168 g/mol. The molecule has 1 atom stereocenters. The molecule has 0 spiro atoms. The second-order valence-corrected chi connectivity index (χ2v) is 3.94. The highest BCUT2D eigenvalue weighted by molar-refractivity contribution is 5.81. The SMILES string of the molecule is CCC1CCCN1C(=N)C(C)C. The van der Waals surface area contributed by atoms with Gasteiger partial charge >= 0.3 is 0 Å². The molecular weight excluding hydrogens is 148 g/mol. The lowest BCUT2D eigenvalue weighted by Crippen LogP contribution is -2.37. The lowest BCUT2D eigenvalue weighted by Gasteiger charge is -2.28. The van der Waals surface area contributed by atoms with Crippen molar-refractivity contribution in [2.24, 2.45) is 5.92 Å². The molecule has 0 aromatic heterocycles. The zero-order valence-corrected chi connectivity index (χ0v) is 8.43. The van der Waals surface area contributed by atoms with Gasteiger partial charge in [0.25, 0.3) is 0 Å². The van der Waals surface area contributed by atoms with Crippen LogP contribution in [0.4, 0.5) is 0 Å². The molecule has 1 heterocycles. The highest BCUT2D eigenvalue weighted by atomic mass is 15.2. The quantitative estimate of drug-likeness (QED) is 0.498. The molecule has 1 rings (SSSR count). The summed E-state index contributed by atoms with van der Waals surface area (Å²) in [7, 11) is 0. The van der Waals surface area contributed by atoms with Gasteiger partial charge < -0.3 is 4.90 Å². The Morgan fingerprint density at radius 1 is 1.58 bits per heavy atom. The topological polar surface area (TPSA) is 27.1 Å². The predicted octanol–water partition coefficient (Wildman–Crippen LogP) is 2.49. The van der Waals surface area contributed by atoms with Crippen LogP contribution in [0.2, 0.25) is 0 Å². The van der Waals surface area contributed by atoms with E-state index in [1.54, 1.807) is 0 Å². The molecule has 0 aromatic rings. The molecule has 1 aliphatic heterocycles. The zero-order chi connectivity index (χ0) is 9.14. The first-order valence-corrected chi connectivity index (χ1v) is 5.02. The Kier molecular flexibility index (Phi) is 3.12. The van der Waals surface area contributed by atoms with Crippen molar-refractivity contribution >= 4 is 5.84 Å². The molecule has 1 fully saturated rings. The lowest BCUT2D eigenvalue weighted by molar-refractivity contribution is 0.361. The van der Waals surface area contributed by atoms with E-state index >= 15 is 0 Å². The first-order chi connectivity index (χ1) is 5.66. The minimum absolute atomic E-state index is 0.386. The van der Waals surface area contributed by atoms with Crippen LogP contribution in [0.15, 0.2) is 0 Å². The van der Waals surface area contributed by atoms with Crippen LogP contribution in [-0.4, -0.2) is 23.3 Å². The Morgan fingerprint density at radius 2 is 2.25 bits per heavy atom. The molecular formula is C10H20N2. The summed E-state index contributed by atoms with van der Waals surface area (Å²) in [6.07, 6.45) is 3.74. The molecule has 70 valence electrons. The molecule has 0 radical (unpaired) electrons. The second kappa shape index (κ2) is 3.92. The Balaban J connectivity index is 2.55. The summed E-state index contributed by atoms with van der Waals surface area (Å²) >= 11 is 0. The van der Waals surface area contributed by atoms with Gasteiger partial charge in [-0.15, -0.1) is 0 Å². The van der Waals surface area contributed by atoms with E-state index in [-0.39, 0.29) is 0 Å². The Morgan fingerprint density at radius 3 is 2.75 bits per heavy atom. The van der Waals surface area contributed by atoms with Gasteiger partial charge in [0.2, 0.25) is 0 Å². The van der Waals surface area contributed by atoms with Crippen molar-refractivity contribution in [3.05, 3.63) is 0 Å². The van der Waals surface area contributed by atoms with Gasteiger partial charge in [0.15, 0.2) is 0 Å². The maximum Gasteiger partial charge on any atom is 0.0986 e. The maximum atomic E-state index is 7.90. The van der Waals surface area contributed by atoms with Crippen LogP contribution >= 0.6 is 0 Å². The van der Waals surface area contributed by atoms with E-state index in [2.05, 4.69) is 25.7 Å². The minimum atomic E-state index is 0.386. The van der Waals surface area contributed by atoms with Gasteiger partial charge in [-0.2, -0.15) is 0 Å². The van der Waals surface area contributed by atoms with Crippen molar-refractivity contribution in [3.8, 4) is 0 Å². The zero-order valence-electron chi connectivity index (χ0n) is 8.43. The van der Waals surface area contributed by atoms with Gasteiger partial charge in [-0.05, 0) is 19.3 Å². The van der Waals surface area contributed by atoms with Crippen LogP contribution in [0.1, 0.15) is 40.0 Å². The first kappa shape index (κ1) is 9.56. The van der Waals surface area contributed by atoms with Crippen LogP contribution in [0.5, 0.6) is 0 Å². The number of likely N-dealkylation sites (tertiary alicyclic amines) is 1. The van der Waals surface area contributed by atoms with E-state index < -0.39 is 0 Å². The van der Waals surface area contributed by atoms with Gasteiger partial charge in [0.05, 0.1) is 5.84 Å². The number of rotatable bonds is 2. The van der Waals surface area contributed by atoms with E-state index in [1.807, 2.05) is 0 Å². The third-order valence-corrected chi connectivity index (χ3v) is 2.70. The van der Waals surface area contributed by atoms with Crippen LogP contribution in [-0.2, 0) is 0 Å². The van der Waals surface area contributed by atoms with Crippen molar-refractivity contribution in [2.75, 3.05) is 6.54 Å². The molecule has 1 unspecified atom stereocenters. The molecule has 0 saturated carbocycles. The van der Waals surface area contributed by atoms with Crippen molar-refractivity contribution in [1.29, 1.82) is 5.41 Å². The van der Waals surface area contributed by atoms with E-state index in [1.165, 1.54) is 19.3 Å². The van der Waals surface area contributed by atoms with E-state index in [4.69, 9.17) is 5.41 Å². The Hall–Kier alpha value is -0.530. The fraction of sp³-hybridized carbons (Fsp3) is 0.900. The van der Waals surface area contributed by atoms with Crippen molar-refractivity contribution in [2.45, 2.75) is 46.1 Å². The highest BCUT2D eigenvalue weighted by Crippen LogP contribution is 2.21. The molecule has 1 N–H and O–H groups in total. The number of nitrogens with one attached hydrogen (secondary N) is 1. The fourth-order valence-electron chi connectivity index (χ4n) is 1.91. The van der Waals surface area contributed by atoms with Gasteiger partial charge in [0, 0.05) is 18.5 Å². The molecule has 1 saturated heterocycles. The Bertz CT molecular complexity index is 163. The molecule has 0 aromatic carbocycles. The molecule has 1 aliphatic rings. The van der Waals surface area contributed by atoms with Crippen LogP contribution in [0, 0.1) is 11.3 Å². The third kappa shape index (κ3) is 1.79. The molecule has 12 heavy (non-hydrogen) atoms. The van der Waals surface area contributed by atoms with E-state index in [0.29, 0.717) is 12.0 Å². The van der Waals surface area contributed by atoms with Crippen LogP contribution in [0.3, 0.4) is 0 Å². The number of nitrogens with zero attached hydrogens (tertiary/aromatic N) is 1. The van der Waals surface area contributed by atoms with Crippen molar-refractivity contribution in [1.82, 2.24) is 4.90 Å². The normalized spacial score (nSPS) is 23.7. The summed E-state index contributed by atoms with van der Waals surface area (Å²) in [4.78, 5) is 2.28. The minimum Gasteiger partial charge on any atom is -0.357 e. The van der Waals surface area contributed by atoms with Crippen molar-refractivity contribution < 1.29 is 0 Å². The van der Waals surface area contributed by atoms with Crippen molar-refractivity contribution in [3.63, 3.8) is 0 Å². The standard InChI is InChI=1S/C10H20N2/c1-4-9-6-5-7-12(9)10(11)8(2)3/h8-9,11H,4-7H2,1-3H3. The molecule has 2 heteroatoms. The molecule has 0 bridgehead atoms. The van der Waals surface area contributed by atoms with E-state index in [0.717, 1.165) is 12.4 Å². The summed E-state index contributed by atoms with van der Waals surface area (Å²) in [5.41, 5.74) is 0. The summed E-state index contributed by atoms with van der Waals surface area (Å²) in [5, 5.41) is 7.90. The lowest BCUT2D eigenvalue weighted by atomic mass is 10.1. The van der Waals surface area contributed by atoms with Gasteiger partial charge in [-0.1, -0.05) is 20.8 Å². The average Bonchev–Trinajstić information content (AvgIpc) is 2.49. The molecule has 0 aliphatic carbocycles. The number of amidine groups is 1. The molecule has 2 nitrogen and oxygen atoms in total. The number of hydrogen-bond donors (Lipinski definition) is 1. The monoisotopic (exact) mass is 168 g/mol. The van der Waals surface area contributed by atoms with Crippen LogP contribution in [0.25, 0.3) is 0 Å². The van der Waals surface area contributed by atoms with Gasteiger partial charge in [-0.3, -0.25) is 5.41 Å². The summed E-state index contributed by atoms with van der Waals surface area (Å²) in [6.45, 7) is 7.53. The predicted molar refractivity (Wildman–Crippen MR) is 52.6 cm³/mol. The number of hydrogen-bond acceptors (Lipinski definition) is 1. The van der Waals surface area contributed by atoms with Gasteiger partial charge in [-0.25, -0.2) is 0 Å². The van der Waals surface area contributed by atoms with Gasteiger partial charge in [0.1, 0.15) is 0 Å².